The lowest BCUT2D eigenvalue weighted by atomic mass is 10.1. The quantitative estimate of drug-likeness (QED) is 0.743. The monoisotopic (exact) mass is 276 g/mol. The van der Waals surface area contributed by atoms with Crippen molar-refractivity contribution in [3.8, 4) is 0 Å². The van der Waals surface area contributed by atoms with Gasteiger partial charge in [0, 0.05) is 0 Å². The summed E-state index contributed by atoms with van der Waals surface area (Å²) < 4.78 is 45.2. The van der Waals surface area contributed by atoms with Crippen LogP contribution in [0.4, 0.5) is 0 Å². The molecule has 0 fully saturated rings. The molecule has 1 unspecified atom stereocenters. The third-order valence-corrected chi connectivity index (χ3v) is 4.24. The Labute approximate surface area is 100 Å². The van der Waals surface area contributed by atoms with E-state index in [1.807, 2.05) is 0 Å². The van der Waals surface area contributed by atoms with Gasteiger partial charge in [-0.05, 0) is 11.6 Å². The molecule has 0 saturated carbocycles. The molecule has 0 heterocycles. The molecule has 0 spiro atoms. The van der Waals surface area contributed by atoms with Crippen LogP contribution in [0.5, 0.6) is 0 Å². The van der Waals surface area contributed by atoms with Gasteiger partial charge in [0.25, 0.3) is 0 Å². The van der Waals surface area contributed by atoms with Crippen LogP contribution < -0.4 is 10.3 Å². The first-order chi connectivity index (χ1) is 7.68. The molecule has 1 aromatic carbocycles. The molecule has 8 heteroatoms. The Balaban J connectivity index is 3.57. The Morgan fingerprint density at radius 3 is 2.06 bits per heavy atom. The maximum atomic E-state index is 11.3. The molecule has 1 rings (SSSR count). The van der Waals surface area contributed by atoms with Crippen molar-refractivity contribution in [3.05, 3.63) is 42.5 Å². The van der Waals surface area contributed by atoms with Crippen LogP contribution in [0.25, 0.3) is 0 Å². The molecule has 17 heavy (non-hydrogen) atoms. The summed E-state index contributed by atoms with van der Waals surface area (Å²) in [5.74, 6) is 0. The van der Waals surface area contributed by atoms with Crippen molar-refractivity contribution in [2.75, 3.05) is 0 Å². The first-order valence-corrected chi connectivity index (χ1v) is 7.59. The van der Waals surface area contributed by atoms with E-state index in [1.54, 1.807) is 0 Å². The van der Waals surface area contributed by atoms with Gasteiger partial charge in [0.2, 0.25) is 20.0 Å². The van der Waals surface area contributed by atoms with Crippen molar-refractivity contribution in [1.29, 1.82) is 0 Å². The molecule has 0 radical (unpaired) electrons. The summed E-state index contributed by atoms with van der Waals surface area (Å²) in [6.45, 7) is 3.33. The maximum absolute atomic E-state index is 11.3. The molecule has 0 aliphatic heterocycles. The number of nitrogens with two attached hydrogens (primary N) is 2. The van der Waals surface area contributed by atoms with Gasteiger partial charge in [-0.15, -0.1) is 6.58 Å². The lowest BCUT2D eigenvalue weighted by Gasteiger charge is -2.13. The summed E-state index contributed by atoms with van der Waals surface area (Å²) in [5, 5.41) is 8.69. The lowest BCUT2D eigenvalue weighted by molar-refractivity contribution is 0.590. The van der Waals surface area contributed by atoms with Crippen LogP contribution in [0.2, 0.25) is 0 Å². The summed E-state index contributed by atoms with van der Waals surface area (Å²) in [4.78, 5) is -0.279. The fraction of sp³-hybridized carbons (Fsp3) is 0.111. The minimum Gasteiger partial charge on any atom is -0.228 e. The second kappa shape index (κ2) is 4.57. The van der Waals surface area contributed by atoms with Crippen molar-refractivity contribution in [2.24, 2.45) is 10.3 Å². The molecule has 0 saturated heterocycles. The minimum absolute atomic E-state index is 0.00694. The van der Waals surface area contributed by atoms with Crippen LogP contribution in [-0.2, 0) is 20.0 Å². The van der Waals surface area contributed by atoms with E-state index in [9.17, 15) is 16.8 Å². The van der Waals surface area contributed by atoms with Gasteiger partial charge in [0.05, 0.1) is 4.90 Å². The van der Waals surface area contributed by atoms with E-state index in [4.69, 9.17) is 10.3 Å². The molecule has 6 nitrogen and oxygen atoms in total. The zero-order chi connectivity index (χ0) is 13.3. The Bertz CT molecular complexity index is 635. The van der Waals surface area contributed by atoms with Crippen molar-refractivity contribution < 1.29 is 16.8 Å². The molecule has 0 amide bonds. The highest BCUT2D eigenvalue weighted by molar-refractivity contribution is 7.90. The Kier molecular flexibility index (Phi) is 3.72. The van der Waals surface area contributed by atoms with E-state index >= 15 is 0 Å². The zero-order valence-electron chi connectivity index (χ0n) is 8.78. The standard InChI is InChI=1S/C9H12N2O4S2/c1-2-8(16(10,12)13)7-5-3-4-6-9(7)17(11,14)15/h2-6,8H,1H2,(H2,10,12,13)(H2,11,14,15). The molecule has 0 aliphatic rings. The number of hydrogen-bond acceptors (Lipinski definition) is 4. The fourth-order valence-electron chi connectivity index (χ4n) is 1.41. The highest BCUT2D eigenvalue weighted by Gasteiger charge is 2.26. The minimum atomic E-state index is -4.02. The second-order valence-electron chi connectivity index (χ2n) is 3.33. The van der Waals surface area contributed by atoms with Crippen LogP contribution in [0, 0.1) is 0 Å². The van der Waals surface area contributed by atoms with E-state index in [0.29, 0.717) is 0 Å². The Hall–Kier alpha value is -1.22. The molecule has 1 atom stereocenters. The van der Waals surface area contributed by atoms with Crippen LogP contribution in [0.1, 0.15) is 10.8 Å². The van der Waals surface area contributed by atoms with Crippen LogP contribution in [0.3, 0.4) is 0 Å². The first-order valence-electron chi connectivity index (χ1n) is 4.44. The third-order valence-electron chi connectivity index (χ3n) is 2.10. The Morgan fingerprint density at radius 1 is 1.12 bits per heavy atom. The molecule has 94 valence electrons. The van der Waals surface area contributed by atoms with Gasteiger partial charge in [0.1, 0.15) is 5.25 Å². The van der Waals surface area contributed by atoms with E-state index in [1.165, 1.54) is 24.3 Å². The largest absolute Gasteiger partial charge is 0.238 e. The number of hydrogen-bond donors (Lipinski definition) is 2. The van der Waals surface area contributed by atoms with Crippen molar-refractivity contribution in [2.45, 2.75) is 10.1 Å². The fourth-order valence-corrected chi connectivity index (χ4v) is 3.11. The highest BCUT2D eigenvalue weighted by Crippen LogP contribution is 2.27. The third kappa shape index (κ3) is 3.13. The van der Waals surface area contributed by atoms with Gasteiger partial charge in [0.15, 0.2) is 0 Å². The molecular formula is C9H12N2O4S2. The number of benzene rings is 1. The van der Waals surface area contributed by atoms with Gasteiger partial charge in [-0.1, -0.05) is 24.3 Å². The summed E-state index contributed by atoms with van der Waals surface area (Å²) in [6, 6.07) is 5.47. The Morgan fingerprint density at radius 2 is 1.65 bits per heavy atom. The molecule has 0 aromatic heterocycles. The molecular weight excluding hydrogens is 264 g/mol. The average Bonchev–Trinajstić information content (AvgIpc) is 2.15. The zero-order valence-corrected chi connectivity index (χ0v) is 10.4. The maximum Gasteiger partial charge on any atom is 0.238 e. The topological polar surface area (TPSA) is 120 Å². The molecule has 0 bridgehead atoms. The van der Waals surface area contributed by atoms with Gasteiger partial charge in [-0.2, -0.15) is 0 Å². The van der Waals surface area contributed by atoms with Gasteiger partial charge < -0.3 is 0 Å². The smallest absolute Gasteiger partial charge is 0.228 e. The van der Waals surface area contributed by atoms with E-state index in [-0.39, 0.29) is 10.5 Å². The highest BCUT2D eigenvalue weighted by atomic mass is 32.2. The van der Waals surface area contributed by atoms with Crippen LogP contribution >= 0.6 is 0 Å². The molecule has 1 aromatic rings. The summed E-state index contributed by atoms with van der Waals surface area (Å²) in [7, 11) is -8.01. The molecule has 0 aliphatic carbocycles. The van der Waals surface area contributed by atoms with Gasteiger partial charge in [-0.25, -0.2) is 27.1 Å². The van der Waals surface area contributed by atoms with Crippen molar-refractivity contribution in [1.82, 2.24) is 0 Å². The van der Waals surface area contributed by atoms with Gasteiger partial charge in [-0.3, -0.25) is 0 Å². The molecule has 4 N–H and O–H groups in total. The van der Waals surface area contributed by atoms with E-state index < -0.39 is 25.3 Å². The summed E-state index contributed by atoms with van der Waals surface area (Å²) in [6.07, 6.45) is 1.05. The number of primary sulfonamides is 2. The summed E-state index contributed by atoms with van der Waals surface area (Å²) in [5.41, 5.74) is -0.00694. The van der Waals surface area contributed by atoms with E-state index in [0.717, 1.165) is 6.08 Å². The number of rotatable bonds is 4. The predicted molar refractivity (Wildman–Crippen MR) is 63.9 cm³/mol. The lowest BCUT2D eigenvalue weighted by Crippen LogP contribution is -2.23. The number of sulfonamides is 2. The van der Waals surface area contributed by atoms with Crippen LogP contribution in [-0.4, -0.2) is 16.8 Å². The van der Waals surface area contributed by atoms with Gasteiger partial charge >= 0.3 is 0 Å². The van der Waals surface area contributed by atoms with Crippen LogP contribution in [0.15, 0.2) is 41.8 Å². The summed E-state index contributed by atoms with van der Waals surface area (Å²) >= 11 is 0. The van der Waals surface area contributed by atoms with Crippen molar-refractivity contribution >= 4 is 20.0 Å². The second-order valence-corrected chi connectivity index (χ2v) is 6.54. The SMILES string of the molecule is C=CC(c1ccccc1S(N)(=O)=O)S(N)(=O)=O. The first kappa shape index (κ1) is 13.8. The normalized spacial score (nSPS) is 14.2. The van der Waals surface area contributed by atoms with Crippen molar-refractivity contribution in [3.63, 3.8) is 0 Å². The van der Waals surface area contributed by atoms with E-state index in [2.05, 4.69) is 6.58 Å². The average molecular weight is 276 g/mol. The predicted octanol–water partition coefficient (Wildman–Crippen LogP) is -0.150.